The first-order valence-corrected chi connectivity index (χ1v) is 5.64. The zero-order chi connectivity index (χ0) is 13.0. The van der Waals surface area contributed by atoms with Gasteiger partial charge in [0.2, 0.25) is 0 Å². The SMILES string of the molecule is Cc1ccc(F)c(C(=O)OCc2ccccc2)c1. The van der Waals surface area contributed by atoms with Gasteiger partial charge in [-0.15, -0.1) is 0 Å². The van der Waals surface area contributed by atoms with Gasteiger partial charge in [0, 0.05) is 0 Å². The van der Waals surface area contributed by atoms with Crippen LogP contribution in [0.2, 0.25) is 0 Å². The van der Waals surface area contributed by atoms with Crippen LogP contribution in [0, 0.1) is 12.7 Å². The van der Waals surface area contributed by atoms with E-state index in [9.17, 15) is 9.18 Å². The lowest BCUT2D eigenvalue weighted by Gasteiger charge is -2.06. The van der Waals surface area contributed by atoms with Gasteiger partial charge < -0.3 is 4.74 Å². The third-order valence-corrected chi connectivity index (χ3v) is 2.55. The van der Waals surface area contributed by atoms with E-state index in [-0.39, 0.29) is 12.2 Å². The van der Waals surface area contributed by atoms with Crippen LogP contribution >= 0.6 is 0 Å². The van der Waals surface area contributed by atoms with Gasteiger partial charge in [0.15, 0.2) is 0 Å². The third kappa shape index (κ3) is 2.94. The minimum Gasteiger partial charge on any atom is -0.457 e. The van der Waals surface area contributed by atoms with Crippen LogP contribution in [0.3, 0.4) is 0 Å². The molecule has 2 nitrogen and oxygen atoms in total. The molecule has 0 aliphatic heterocycles. The Labute approximate surface area is 105 Å². The van der Waals surface area contributed by atoms with Crippen molar-refractivity contribution < 1.29 is 13.9 Å². The molecule has 0 bridgehead atoms. The highest BCUT2D eigenvalue weighted by atomic mass is 19.1. The van der Waals surface area contributed by atoms with E-state index in [0.717, 1.165) is 11.1 Å². The number of benzene rings is 2. The van der Waals surface area contributed by atoms with Crippen molar-refractivity contribution in [3.05, 3.63) is 71.0 Å². The van der Waals surface area contributed by atoms with E-state index in [1.54, 1.807) is 13.0 Å². The summed E-state index contributed by atoms with van der Waals surface area (Å²) < 4.78 is 18.5. The molecule has 0 unspecified atom stereocenters. The molecular formula is C15H13FO2. The molecule has 2 rings (SSSR count). The Morgan fingerprint density at radius 2 is 1.89 bits per heavy atom. The fourth-order valence-electron chi connectivity index (χ4n) is 1.60. The predicted octanol–water partition coefficient (Wildman–Crippen LogP) is 3.49. The molecule has 0 aliphatic carbocycles. The first-order chi connectivity index (χ1) is 8.66. The molecule has 3 heteroatoms. The number of halogens is 1. The second-order valence-corrected chi connectivity index (χ2v) is 4.05. The Kier molecular flexibility index (Phi) is 3.72. The second kappa shape index (κ2) is 5.45. The maximum Gasteiger partial charge on any atom is 0.341 e. The zero-order valence-electron chi connectivity index (χ0n) is 10.0. The summed E-state index contributed by atoms with van der Waals surface area (Å²) in [5.41, 5.74) is 1.67. The molecule has 0 spiro atoms. The van der Waals surface area contributed by atoms with Crippen molar-refractivity contribution in [3.8, 4) is 0 Å². The summed E-state index contributed by atoms with van der Waals surface area (Å²) in [5, 5.41) is 0. The molecule has 2 aromatic rings. The van der Waals surface area contributed by atoms with Crippen LogP contribution in [-0.2, 0) is 11.3 Å². The Hall–Kier alpha value is -2.16. The highest BCUT2D eigenvalue weighted by molar-refractivity contribution is 5.89. The molecule has 0 atom stereocenters. The van der Waals surface area contributed by atoms with E-state index in [0.29, 0.717) is 0 Å². The van der Waals surface area contributed by atoms with E-state index in [1.165, 1.54) is 12.1 Å². The molecule has 0 aliphatic rings. The van der Waals surface area contributed by atoms with Gasteiger partial charge in [-0.25, -0.2) is 9.18 Å². The van der Waals surface area contributed by atoms with Crippen LogP contribution in [0.15, 0.2) is 48.5 Å². The quantitative estimate of drug-likeness (QED) is 0.772. The first kappa shape index (κ1) is 12.3. The molecule has 0 aromatic heterocycles. The Balaban J connectivity index is 2.06. The summed E-state index contributed by atoms with van der Waals surface area (Å²) in [5.74, 6) is -1.20. The Bertz CT molecular complexity index is 550. The number of ether oxygens (including phenoxy) is 1. The van der Waals surface area contributed by atoms with Crippen molar-refractivity contribution in [2.24, 2.45) is 0 Å². The number of carbonyl (C=O) groups is 1. The molecule has 0 saturated carbocycles. The lowest BCUT2D eigenvalue weighted by molar-refractivity contribution is 0.0467. The van der Waals surface area contributed by atoms with Crippen LogP contribution in [0.1, 0.15) is 21.5 Å². The van der Waals surface area contributed by atoms with Gasteiger partial charge in [-0.3, -0.25) is 0 Å². The highest BCUT2D eigenvalue weighted by Crippen LogP contribution is 2.12. The van der Waals surface area contributed by atoms with E-state index in [4.69, 9.17) is 4.74 Å². The topological polar surface area (TPSA) is 26.3 Å². The maximum absolute atomic E-state index is 13.4. The molecule has 0 radical (unpaired) electrons. The fraction of sp³-hybridized carbons (Fsp3) is 0.133. The Morgan fingerprint density at radius 3 is 2.61 bits per heavy atom. The van der Waals surface area contributed by atoms with Crippen molar-refractivity contribution in [1.82, 2.24) is 0 Å². The van der Waals surface area contributed by atoms with Gasteiger partial charge in [-0.05, 0) is 24.6 Å². The van der Waals surface area contributed by atoms with Gasteiger partial charge in [0.05, 0.1) is 5.56 Å². The summed E-state index contributed by atoms with van der Waals surface area (Å²) in [7, 11) is 0. The van der Waals surface area contributed by atoms with Crippen molar-refractivity contribution in [3.63, 3.8) is 0 Å². The average molecular weight is 244 g/mol. The van der Waals surface area contributed by atoms with E-state index >= 15 is 0 Å². The van der Waals surface area contributed by atoms with Crippen LogP contribution in [0.4, 0.5) is 4.39 Å². The number of esters is 1. The normalized spacial score (nSPS) is 10.1. The molecule has 2 aromatic carbocycles. The third-order valence-electron chi connectivity index (χ3n) is 2.55. The zero-order valence-corrected chi connectivity index (χ0v) is 10.0. The number of hydrogen-bond acceptors (Lipinski definition) is 2. The van der Waals surface area contributed by atoms with E-state index in [2.05, 4.69) is 0 Å². The largest absolute Gasteiger partial charge is 0.457 e. The van der Waals surface area contributed by atoms with Crippen LogP contribution < -0.4 is 0 Å². The van der Waals surface area contributed by atoms with Crippen molar-refractivity contribution in [2.45, 2.75) is 13.5 Å². The van der Waals surface area contributed by atoms with Gasteiger partial charge in [-0.1, -0.05) is 42.0 Å². The molecule has 92 valence electrons. The highest BCUT2D eigenvalue weighted by Gasteiger charge is 2.13. The monoisotopic (exact) mass is 244 g/mol. The first-order valence-electron chi connectivity index (χ1n) is 5.64. The molecule has 0 saturated heterocycles. The number of hydrogen-bond donors (Lipinski definition) is 0. The average Bonchev–Trinajstić information content (AvgIpc) is 2.40. The van der Waals surface area contributed by atoms with Gasteiger partial charge in [0.25, 0.3) is 0 Å². The minimum absolute atomic E-state index is 0.0223. The maximum atomic E-state index is 13.4. The number of carbonyl (C=O) groups excluding carboxylic acids is 1. The number of aryl methyl sites for hydroxylation is 1. The van der Waals surface area contributed by atoms with Crippen LogP contribution in [0.25, 0.3) is 0 Å². The molecule has 0 amide bonds. The lowest BCUT2D eigenvalue weighted by Crippen LogP contribution is -2.07. The summed E-state index contributed by atoms with van der Waals surface area (Å²) in [6.07, 6.45) is 0. The van der Waals surface area contributed by atoms with Gasteiger partial charge in [-0.2, -0.15) is 0 Å². The summed E-state index contributed by atoms with van der Waals surface area (Å²) in [6.45, 7) is 1.94. The standard InChI is InChI=1S/C15H13FO2/c1-11-7-8-14(16)13(9-11)15(17)18-10-12-5-3-2-4-6-12/h2-9H,10H2,1H3. The van der Waals surface area contributed by atoms with Crippen molar-refractivity contribution in [1.29, 1.82) is 0 Å². The predicted molar refractivity (Wildman–Crippen MR) is 66.7 cm³/mol. The molecular weight excluding hydrogens is 231 g/mol. The molecule has 18 heavy (non-hydrogen) atoms. The van der Waals surface area contributed by atoms with Gasteiger partial charge in [0.1, 0.15) is 12.4 Å². The van der Waals surface area contributed by atoms with E-state index < -0.39 is 11.8 Å². The van der Waals surface area contributed by atoms with Crippen molar-refractivity contribution >= 4 is 5.97 Å². The van der Waals surface area contributed by atoms with Crippen molar-refractivity contribution in [2.75, 3.05) is 0 Å². The molecule has 0 heterocycles. The second-order valence-electron chi connectivity index (χ2n) is 4.05. The smallest absolute Gasteiger partial charge is 0.341 e. The molecule has 0 fully saturated rings. The van der Waals surface area contributed by atoms with Crippen LogP contribution in [0.5, 0.6) is 0 Å². The fourth-order valence-corrected chi connectivity index (χ4v) is 1.60. The number of rotatable bonds is 3. The Morgan fingerprint density at radius 1 is 1.17 bits per heavy atom. The lowest BCUT2D eigenvalue weighted by atomic mass is 10.1. The summed E-state index contributed by atoms with van der Waals surface area (Å²) in [6, 6.07) is 13.7. The minimum atomic E-state index is -0.639. The summed E-state index contributed by atoms with van der Waals surface area (Å²) in [4.78, 5) is 11.7. The molecule has 0 N–H and O–H groups in total. The van der Waals surface area contributed by atoms with E-state index in [1.807, 2.05) is 30.3 Å². The van der Waals surface area contributed by atoms with Gasteiger partial charge >= 0.3 is 5.97 Å². The van der Waals surface area contributed by atoms with Crippen LogP contribution in [-0.4, -0.2) is 5.97 Å². The summed E-state index contributed by atoms with van der Waals surface area (Å²) >= 11 is 0.